The summed E-state index contributed by atoms with van der Waals surface area (Å²) in [6, 6.07) is 3.13. The van der Waals surface area contributed by atoms with Crippen LogP contribution in [0.5, 0.6) is 0 Å². The molecule has 1 aromatic carbocycles. The molecule has 0 atom stereocenters. The van der Waals surface area contributed by atoms with Crippen molar-refractivity contribution in [1.29, 1.82) is 0 Å². The molecule has 1 N–H and O–H groups in total. The molecule has 0 heterocycles. The quantitative estimate of drug-likeness (QED) is 0.825. The first kappa shape index (κ1) is 19.2. The monoisotopic (exact) mass is 320 g/mol. The van der Waals surface area contributed by atoms with Gasteiger partial charge in [0.25, 0.3) is 0 Å². The highest BCUT2D eigenvalue weighted by molar-refractivity contribution is 6.02. The third kappa shape index (κ3) is 4.57. The smallest absolute Gasteiger partial charge is 0.339 e. The molecule has 1 aromatic rings. The van der Waals surface area contributed by atoms with Gasteiger partial charge in [0.1, 0.15) is 6.10 Å². The number of ether oxygens (including phenoxy) is 1. The Morgan fingerprint density at radius 1 is 0.913 bits per heavy atom. The molecule has 0 saturated carbocycles. The maximum absolute atomic E-state index is 12.7. The lowest BCUT2D eigenvalue weighted by molar-refractivity contribution is -0.0516. The average molecular weight is 320 g/mol. The van der Waals surface area contributed by atoms with Crippen LogP contribution < -0.4 is 0 Å². The minimum atomic E-state index is -1.12. The normalized spacial score (nSPS) is 12.4. The predicted molar refractivity (Wildman–Crippen MR) is 91.0 cm³/mol. The fourth-order valence-corrected chi connectivity index (χ4v) is 2.99. The predicted octanol–water partition coefficient (Wildman–Crippen LogP) is 4.62. The third-order valence-corrected chi connectivity index (χ3v) is 3.88. The van der Waals surface area contributed by atoms with Gasteiger partial charge >= 0.3 is 11.9 Å². The lowest BCUT2D eigenvalue weighted by Gasteiger charge is -2.39. The third-order valence-electron chi connectivity index (χ3n) is 3.88. The fourth-order valence-electron chi connectivity index (χ4n) is 2.99. The molecule has 0 fully saturated rings. The van der Waals surface area contributed by atoms with Gasteiger partial charge in [-0.1, -0.05) is 41.5 Å². The topological polar surface area (TPSA) is 63.6 Å². The molecule has 0 radical (unpaired) electrons. The molecule has 0 unspecified atom stereocenters. The number of carboxylic acid groups (broad SMARTS) is 1. The van der Waals surface area contributed by atoms with Gasteiger partial charge in [-0.25, -0.2) is 9.59 Å². The maximum atomic E-state index is 12.7. The number of hydrogen-bond acceptors (Lipinski definition) is 3. The van der Waals surface area contributed by atoms with Crippen LogP contribution in [0.25, 0.3) is 0 Å². The van der Waals surface area contributed by atoms with Gasteiger partial charge in [0.2, 0.25) is 0 Å². The van der Waals surface area contributed by atoms with Gasteiger partial charge in [0.15, 0.2) is 0 Å². The lowest BCUT2D eigenvalue weighted by Crippen LogP contribution is -2.42. The van der Waals surface area contributed by atoms with Gasteiger partial charge in [-0.05, 0) is 47.9 Å². The van der Waals surface area contributed by atoms with Gasteiger partial charge in [0.05, 0.1) is 11.1 Å². The molecule has 4 heteroatoms. The van der Waals surface area contributed by atoms with Gasteiger partial charge in [-0.2, -0.15) is 0 Å². The van der Waals surface area contributed by atoms with E-state index in [0.29, 0.717) is 0 Å². The van der Waals surface area contributed by atoms with E-state index in [-0.39, 0.29) is 28.1 Å². The van der Waals surface area contributed by atoms with Crippen molar-refractivity contribution in [2.75, 3.05) is 0 Å². The second kappa shape index (κ2) is 6.34. The summed E-state index contributed by atoms with van der Waals surface area (Å²) in [4.78, 5) is 24.1. The van der Waals surface area contributed by atoms with Crippen molar-refractivity contribution < 1.29 is 19.4 Å². The Morgan fingerprint density at radius 3 is 1.65 bits per heavy atom. The van der Waals surface area contributed by atoms with E-state index in [4.69, 9.17) is 4.74 Å². The number of aromatic carboxylic acids is 1. The van der Waals surface area contributed by atoms with Crippen molar-refractivity contribution >= 4 is 11.9 Å². The molecule has 0 saturated heterocycles. The van der Waals surface area contributed by atoms with E-state index in [1.807, 2.05) is 55.4 Å². The average Bonchev–Trinajstić information content (AvgIpc) is 2.35. The molecule has 0 aliphatic heterocycles. The van der Waals surface area contributed by atoms with Gasteiger partial charge < -0.3 is 9.84 Å². The first-order chi connectivity index (χ1) is 10.2. The summed E-state index contributed by atoms with van der Waals surface area (Å²) in [6.07, 6.45) is -0.342. The minimum Gasteiger partial charge on any atom is -0.478 e. The Balaban J connectivity index is 3.29. The van der Waals surface area contributed by atoms with Crippen LogP contribution in [0.4, 0.5) is 0 Å². The Kier molecular flexibility index (Phi) is 5.30. The summed E-state index contributed by atoms with van der Waals surface area (Å²) in [5, 5.41) is 9.38. The number of benzene rings is 1. The molecule has 0 aliphatic carbocycles. The van der Waals surface area contributed by atoms with E-state index < -0.39 is 11.9 Å². The zero-order valence-electron chi connectivity index (χ0n) is 15.4. The number of carboxylic acids is 1. The maximum Gasteiger partial charge on any atom is 0.339 e. The van der Waals surface area contributed by atoms with E-state index in [9.17, 15) is 14.7 Å². The molecular formula is C19H28O4. The Bertz CT molecular complexity index is 601. The standard InChI is InChI=1S/C19H28O4/c1-11-9-13(15(20)21)14(10-12(11)2)16(22)23-17(18(3,4)5)19(6,7)8/h9-10,17H,1-8H3,(H,20,21). The van der Waals surface area contributed by atoms with Crippen LogP contribution in [-0.4, -0.2) is 23.1 Å². The van der Waals surface area contributed by atoms with Crippen LogP contribution in [0.3, 0.4) is 0 Å². The number of hydrogen-bond donors (Lipinski definition) is 1. The van der Waals surface area contributed by atoms with Crippen molar-refractivity contribution in [3.05, 3.63) is 34.4 Å². The highest BCUT2D eigenvalue weighted by Crippen LogP contribution is 2.36. The van der Waals surface area contributed by atoms with Crippen LogP contribution >= 0.6 is 0 Å². The van der Waals surface area contributed by atoms with Gasteiger partial charge in [0, 0.05) is 0 Å². The summed E-state index contributed by atoms with van der Waals surface area (Å²) in [5.74, 6) is -1.71. The van der Waals surface area contributed by atoms with Crippen molar-refractivity contribution in [2.45, 2.75) is 61.5 Å². The second-order valence-corrected chi connectivity index (χ2v) is 8.30. The van der Waals surface area contributed by atoms with E-state index in [0.717, 1.165) is 11.1 Å². The van der Waals surface area contributed by atoms with Crippen molar-refractivity contribution in [3.8, 4) is 0 Å². The van der Waals surface area contributed by atoms with E-state index in [2.05, 4.69) is 0 Å². The Hall–Kier alpha value is -1.84. The summed E-state index contributed by atoms with van der Waals surface area (Å²) < 4.78 is 5.75. The largest absolute Gasteiger partial charge is 0.478 e. The summed E-state index contributed by atoms with van der Waals surface area (Å²) in [5.41, 5.74) is 1.29. The SMILES string of the molecule is Cc1cc(C(=O)O)c(C(=O)OC(C(C)(C)C)C(C)(C)C)cc1C. The van der Waals surface area contributed by atoms with Crippen LogP contribution in [-0.2, 0) is 4.74 Å². The van der Waals surface area contributed by atoms with Crippen LogP contribution in [0.2, 0.25) is 0 Å². The number of aryl methyl sites for hydroxylation is 2. The van der Waals surface area contributed by atoms with Crippen molar-refractivity contribution in [1.82, 2.24) is 0 Å². The molecule has 23 heavy (non-hydrogen) atoms. The highest BCUT2D eigenvalue weighted by atomic mass is 16.5. The van der Waals surface area contributed by atoms with Crippen LogP contribution in [0.1, 0.15) is 73.4 Å². The van der Waals surface area contributed by atoms with E-state index in [1.165, 1.54) is 6.07 Å². The molecule has 1 rings (SSSR count). The van der Waals surface area contributed by atoms with Crippen LogP contribution in [0.15, 0.2) is 12.1 Å². The molecule has 128 valence electrons. The number of esters is 1. The zero-order chi connectivity index (χ0) is 18.2. The Labute approximate surface area is 138 Å². The zero-order valence-corrected chi connectivity index (χ0v) is 15.4. The van der Waals surface area contributed by atoms with E-state index >= 15 is 0 Å². The first-order valence-corrected chi connectivity index (χ1v) is 7.80. The van der Waals surface area contributed by atoms with Crippen molar-refractivity contribution in [3.63, 3.8) is 0 Å². The molecule has 0 spiro atoms. The Morgan fingerprint density at radius 2 is 1.30 bits per heavy atom. The first-order valence-electron chi connectivity index (χ1n) is 7.80. The summed E-state index contributed by atoms with van der Waals surface area (Å²) >= 11 is 0. The molecular weight excluding hydrogens is 292 g/mol. The number of rotatable bonds is 3. The summed E-state index contributed by atoms with van der Waals surface area (Å²) in [6.45, 7) is 15.7. The van der Waals surface area contributed by atoms with Crippen LogP contribution in [0, 0.1) is 24.7 Å². The van der Waals surface area contributed by atoms with Gasteiger partial charge in [-0.3, -0.25) is 0 Å². The highest BCUT2D eigenvalue weighted by Gasteiger charge is 2.38. The van der Waals surface area contributed by atoms with Gasteiger partial charge in [-0.15, -0.1) is 0 Å². The summed E-state index contributed by atoms with van der Waals surface area (Å²) in [7, 11) is 0. The minimum absolute atomic E-state index is 0.0142. The fraction of sp³-hybridized carbons (Fsp3) is 0.579. The number of carbonyl (C=O) groups is 2. The molecule has 0 aliphatic rings. The molecule has 0 bridgehead atoms. The van der Waals surface area contributed by atoms with E-state index in [1.54, 1.807) is 6.07 Å². The second-order valence-electron chi connectivity index (χ2n) is 8.30. The molecule has 4 nitrogen and oxygen atoms in total. The number of carbonyl (C=O) groups excluding carboxylic acids is 1. The van der Waals surface area contributed by atoms with Crippen molar-refractivity contribution in [2.24, 2.45) is 10.8 Å². The lowest BCUT2D eigenvalue weighted by atomic mass is 9.74. The molecule has 0 aromatic heterocycles. The molecule has 0 amide bonds.